The van der Waals surface area contributed by atoms with E-state index in [1.165, 1.54) is 6.08 Å². The second kappa shape index (κ2) is 6.11. The van der Waals surface area contributed by atoms with E-state index in [1.807, 2.05) is 30.3 Å². The molecule has 0 bridgehead atoms. The van der Waals surface area contributed by atoms with Gasteiger partial charge in [-0.3, -0.25) is 0 Å². The molecule has 1 rings (SSSR count). The average molecular weight is 218 g/mol. The quantitative estimate of drug-likeness (QED) is 0.558. The molecule has 0 saturated heterocycles. The summed E-state index contributed by atoms with van der Waals surface area (Å²) in [6, 6.07) is 9.80. The lowest BCUT2D eigenvalue weighted by Gasteiger charge is -2.19. The van der Waals surface area contributed by atoms with Crippen molar-refractivity contribution < 1.29 is 9.53 Å². The van der Waals surface area contributed by atoms with Crippen molar-refractivity contribution in [1.82, 2.24) is 0 Å². The summed E-state index contributed by atoms with van der Waals surface area (Å²) >= 11 is 0. The molecular formula is C14H18O2. The summed E-state index contributed by atoms with van der Waals surface area (Å²) in [7, 11) is 0. The Morgan fingerprint density at radius 1 is 1.38 bits per heavy atom. The summed E-state index contributed by atoms with van der Waals surface area (Å²) in [5, 5.41) is 0. The first-order valence-corrected chi connectivity index (χ1v) is 5.51. The van der Waals surface area contributed by atoms with Gasteiger partial charge in [-0.05, 0) is 17.9 Å². The first-order valence-electron chi connectivity index (χ1n) is 5.51. The fourth-order valence-corrected chi connectivity index (χ4v) is 1.54. The van der Waals surface area contributed by atoms with Crippen molar-refractivity contribution in [2.45, 2.75) is 26.4 Å². The van der Waals surface area contributed by atoms with Crippen LogP contribution >= 0.6 is 0 Å². The van der Waals surface area contributed by atoms with Crippen molar-refractivity contribution in [3.63, 3.8) is 0 Å². The van der Waals surface area contributed by atoms with Crippen LogP contribution in [0.1, 0.15) is 31.9 Å². The molecule has 0 saturated carbocycles. The van der Waals surface area contributed by atoms with Crippen molar-refractivity contribution in [2.75, 3.05) is 0 Å². The van der Waals surface area contributed by atoms with Crippen LogP contribution < -0.4 is 0 Å². The highest BCUT2D eigenvalue weighted by molar-refractivity contribution is 5.81. The third-order valence-electron chi connectivity index (χ3n) is 2.28. The molecule has 16 heavy (non-hydrogen) atoms. The molecule has 0 heterocycles. The van der Waals surface area contributed by atoms with Crippen LogP contribution in [0.25, 0.3) is 0 Å². The van der Waals surface area contributed by atoms with E-state index in [-0.39, 0.29) is 12.1 Å². The minimum Gasteiger partial charge on any atom is -0.454 e. The fraction of sp³-hybridized carbons (Fsp3) is 0.357. The molecule has 86 valence electrons. The number of esters is 1. The Hall–Kier alpha value is -1.57. The van der Waals surface area contributed by atoms with E-state index in [9.17, 15) is 4.79 Å². The maximum absolute atomic E-state index is 11.2. The van der Waals surface area contributed by atoms with Crippen LogP contribution in [0.2, 0.25) is 0 Å². The van der Waals surface area contributed by atoms with Gasteiger partial charge in [0.25, 0.3) is 0 Å². The van der Waals surface area contributed by atoms with Crippen molar-refractivity contribution in [3.8, 4) is 0 Å². The zero-order valence-electron chi connectivity index (χ0n) is 9.85. The van der Waals surface area contributed by atoms with Crippen LogP contribution in [-0.4, -0.2) is 5.97 Å². The van der Waals surface area contributed by atoms with E-state index < -0.39 is 0 Å². The minimum atomic E-state index is -0.366. The van der Waals surface area contributed by atoms with E-state index in [1.54, 1.807) is 0 Å². The topological polar surface area (TPSA) is 26.3 Å². The van der Waals surface area contributed by atoms with Gasteiger partial charge >= 0.3 is 5.97 Å². The number of carbonyl (C=O) groups is 1. The van der Waals surface area contributed by atoms with Gasteiger partial charge in [0.15, 0.2) is 0 Å². The maximum Gasteiger partial charge on any atom is 0.330 e. The van der Waals surface area contributed by atoms with Crippen molar-refractivity contribution >= 4 is 5.97 Å². The molecule has 0 aliphatic heterocycles. The van der Waals surface area contributed by atoms with Gasteiger partial charge < -0.3 is 4.74 Å². The number of ether oxygens (including phenoxy) is 1. The molecule has 0 spiro atoms. The summed E-state index contributed by atoms with van der Waals surface area (Å²) in [6.07, 6.45) is 1.85. The van der Waals surface area contributed by atoms with E-state index in [2.05, 4.69) is 20.4 Å². The monoisotopic (exact) mass is 218 g/mol. The Morgan fingerprint density at radius 2 is 2.00 bits per heavy atom. The van der Waals surface area contributed by atoms with Gasteiger partial charge in [-0.15, -0.1) is 0 Å². The van der Waals surface area contributed by atoms with E-state index in [0.29, 0.717) is 5.92 Å². The molecule has 0 N–H and O–H groups in total. The first-order chi connectivity index (χ1) is 7.63. The summed E-state index contributed by atoms with van der Waals surface area (Å²) in [6.45, 7) is 7.63. The number of carbonyl (C=O) groups excluding carboxylic acids is 1. The molecule has 2 nitrogen and oxygen atoms in total. The largest absolute Gasteiger partial charge is 0.454 e. The summed E-state index contributed by atoms with van der Waals surface area (Å²) in [5.41, 5.74) is 1.03. The summed E-state index contributed by atoms with van der Waals surface area (Å²) in [5.74, 6) is 0.109. The standard InChI is InChI=1S/C14H18O2/c1-4-14(15)16-13(10-11(2)3)12-8-6-5-7-9-12/h4-9,11,13H,1,10H2,2-3H3. The molecule has 0 aliphatic carbocycles. The highest BCUT2D eigenvalue weighted by Gasteiger charge is 2.16. The van der Waals surface area contributed by atoms with E-state index >= 15 is 0 Å². The molecule has 1 atom stereocenters. The number of hydrogen-bond acceptors (Lipinski definition) is 2. The van der Waals surface area contributed by atoms with Crippen molar-refractivity contribution in [1.29, 1.82) is 0 Å². The third-order valence-corrected chi connectivity index (χ3v) is 2.28. The molecule has 2 heteroatoms. The average Bonchev–Trinajstić information content (AvgIpc) is 2.28. The predicted molar refractivity (Wildman–Crippen MR) is 64.9 cm³/mol. The van der Waals surface area contributed by atoms with E-state index in [0.717, 1.165) is 12.0 Å². The lowest BCUT2D eigenvalue weighted by atomic mass is 9.99. The Bertz CT molecular complexity index is 341. The molecule has 0 aromatic heterocycles. The first kappa shape index (κ1) is 12.5. The highest BCUT2D eigenvalue weighted by atomic mass is 16.5. The van der Waals surface area contributed by atoms with Gasteiger partial charge in [0.1, 0.15) is 6.10 Å². The summed E-state index contributed by atoms with van der Waals surface area (Å²) < 4.78 is 5.34. The third kappa shape index (κ3) is 3.89. The second-order valence-corrected chi connectivity index (χ2v) is 4.17. The van der Waals surface area contributed by atoms with Crippen LogP contribution in [0.5, 0.6) is 0 Å². The van der Waals surface area contributed by atoms with Gasteiger partial charge in [-0.1, -0.05) is 50.8 Å². The number of rotatable bonds is 5. The molecule has 1 unspecified atom stereocenters. The van der Waals surface area contributed by atoms with Gasteiger partial charge in [0, 0.05) is 6.08 Å². The van der Waals surface area contributed by atoms with Gasteiger partial charge in [0.2, 0.25) is 0 Å². The lowest BCUT2D eigenvalue weighted by molar-refractivity contribution is -0.144. The molecule has 0 amide bonds. The molecule has 0 fully saturated rings. The van der Waals surface area contributed by atoms with E-state index in [4.69, 9.17) is 4.74 Å². The van der Waals surface area contributed by atoms with Gasteiger partial charge in [-0.2, -0.15) is 0 Å². The highest BCUT2D eigenvalue weighted by Crippen LogP contribution is 2.25. The normalized spacial score (nSPS) is 12.2. The molecule has 0 aliphatic rings. The van der Waals surface area contributed by atoms with Crippen molar-refractivity contribution in [3.05, 3.63) is 48.6 Å². The summed E-state index contributed by atoms with van der Waals surface area (Å²) in [4.78, 5) is 11.2. The number of hydrogen-bond donors (Lipinski definition) is 0. The second-order valence-electron chi connectivity index (χ2n) is 4.17. The SMILES string of the molecule is C=CC(=O)OC(CC(C)C)c1ccccc1. The lowest BCUT2D eigenvalue weighted by Crippen LogP contribution is -2.11. The minimum absolute atomic E-state index is 0.174. The molecule has 0 radical (unpaired) electrons. The Balaban J connectivity index is 2.79. The van der Waals surface area contributed by atoms with Crippen LogP contribution in [0.15, 0.2) is 43.0 Å². The zero-order chi connectivity index (χ0) is 12.0. The van der Waals surface area contributed by atoms with Crippen LogP contribution in [0, 0.1) is 5.92 Å². The Kier molecular flexibility index (Phi) is 4.77. The Morgan fingerprint density at radius 3 is 2.50 bits per heavy atom. The van der Waals surface area contributed by atoms with Crippen LogP contribution in [-0.2, 0) is 9.53 Å². The number of benzene rings is 1. The van der Waals surface area contributed by atoms with Crippen molar-refractivity contribution in [2.24, 2.45) is 5.92 Å². The van der Waals surface area contributed by atoms with Crippen LogP contribution in [0.3, 0.4) is 0 Å². The zero-order valence-corrected chi connectivity index (χ0v) is 9.85. The fourth-order valence-electron chi connectivity index (χ4n) is 1.54. The molecular weight excluding hydrogens is 200 g/mol. The smallest absolute Gasteiger partial charge is 0.330 e. The molecule has 1 aromatic rings. The predicted octanol–water partition coefficient (Wildman–Crippen LogP) is 3.50. The van der Waals surface area contributed by atoms with Gasteiger partial charge in [-0.25, -0.2) is 4.79 Å². The Labute approximate surface area is 96.9 Å². The van der Waals surface area contributed by atoms with Crippen LogP contribution in [0.4, 0.5) is 0 Å². The molecule has 1 aromatic carbocycles. The van der Waals surface area contributed by atoms with Gasteiger partial charge in [0.05, 0.1) is 0 Å². The maximum atomic E-state index is 11.2.